The van der Waals surface area contributed by atoms with Gasteiger partial charge in [0.1, 0.15) is 0 Å². The monoisotopic (exact) mass is 384 g/mol. The normalized spacial score (nSPS) is 13.0. The van der Waals surface area contributed by atoms with Crippen LogP contribution in [0.4, 0.5) is 0 Å². The fourth-order valence-corrected chi connectivity index (χ4v) is 2.39. The van der Waals surface area contributed by atoms with E-state index in [0.29, 0.717) is 6.42 Å². The Morgan fingerprint density at radius 1 is 1.17 bits per heavy atom. The van der Waals surface area contributed by atoms with Crippen LogP contribution in [0.3, 0.4) is 0 Å². The minimum absolute atomic E-state index is 0.00326. The van der Waals surface area contributed by atoms with Gasteiger partial charge >= 0.3 is 5.97 Å². The summed E-state index contributed by atoms with van der Waals surface area (Å²) in [7, 11) is 0. The first-order chi connectivity index (χ1) is 10.8. The van der Waals surface area contributed by atoms with Crippen LogP contribution in [0.15, 0.2) is 28.7 Å². The molecule has 0 heterocycles. The van der Waals surface area contributed by atoms with Crippen molar-refractivity contribution in [2.75, 3.05) is 0 Å². The molecule has 0 saturated carbocycles. The Morgan fingerprint density at radius 2 is 1.78 bits per heavy atom. The van der Waals surface area contributed by atoms with Crippen molar-refractivity contribution >= 4 is 33.7 Å². The van der Waals surface area contributed by atoms with Gasteiger partial charge in [-0.1, -0.05) is 28.1 Å². The van der Waals surface area contributed by atoms with Gasteiger partial charge in [-0.05, 0) is 31.0 Å². The van der Waals surface area contributed by atoms with Gasteiger partial charge < -0.3 is 15.7 Å². The second kappa shape index (κ2) is 9.29. The average Bonchev–Trinajstić information content (AvgIpc) is 2.44. The Hall–Kier alpha value is -1.89. The first kappa shape index (κ1) is 19.2. The number of halogens is 1. The summed E-state index contributed by atoms with van der Waals surface area (Å²) in [5, 5.41) is 14.2. The molecule has 2 unspecified atom stereocenters. The Kier molecular flexibility index (Phi) is 7.74. The molecule has 1 aromatic rings. The van der Waals surface area contributed by atoms with E-state index in [0.717, 1.165) is 10.0 Å². The third-order valence-corrected chi connectivity index (χ3v) is 3.77. The lowest BCUT2D eigenvalue weighted by atomic mass is 10.0. The third-order valence-electron chi connectivity index (χ3n) is 3.24. The molecule has 3 N–H and O–H groups in total. The van der Waals surface area contributed by atoms with Crippen molar-refractivity contribution in [1.29, 1.82) is 0 Å². The van der Waals surface area contributed by atoms with Crippen molar-refractivity contribution < 1.29 is 19.5 Å². The van der Waals surface area contributed by atoms with Crippen molar-refractivity contribution in [3.63, 3.8) is 0 Å². The number of amides is 2. The summed E-state index contributed by atoms with van der Waals surface area (Å²) >= 11 is 3.34. The minimum Gasteiger partial charge on any atom is -0.481 e. The van der Waals surface area contributed by atoms with E-state index in [4.69, 9.17) is 5.11 Å². The Bertz CT molecular complexity index is 560. The molecule has 0 bridgehead atoms. The third kappa shape index (κ3) is 7.78. The fourth-order valence-electron chi connectivity index (χ4n) is 2.12. The molecule has 1 aromatic carbocycles. The molecule has 0 fully saturated rings. The van der Waals surface area contributed by atoms with Gasteiger partial charge in [-0.15, -0.1) is 0 Å². The quantitative estimate of drug-likeness (QED) is 0.640. The highest BCUT2D eigenvalue weighted by atomic mass is 79.9. The SMILES string of the molecule is CC(=O)NC(CC(=O)NC(C)CCC(=O)O)c1ccc(Br)cc1. The topological polar surface area (TPSA) is 95.5 Å². The molecule has 0 spiro atoms. The highest BCUT2D eigenvalue weighted by molar-refractivity contribution is 9.10. The molecule has 6 nitrogen and oxygen atoms in total. The molecule has 2 amide bonds. The van der Waals surface area contributed by atoms with Crippen molar-refractivity contribution in [3.8, 4) is 0 Å². The van der Waals surface area contributed by atoms with E-state index in [-0.39, 0.29) is 30.7 Å². The molecule has 0 saturated heterocycles. The van der Waals surface area contributed by atoms with E-state index in [1.54, 1.807) is 6.92 Å². The van der Waals surface area contributed by atoms with E-state index in [1.807, 2.05) is 24.3 Å². The molecule has 2 atom stereocenters. The molecule has 0 aromatic heterocycles. The van der Waals surface area contributed by atoms with Crippen molar-refractivity contribution in [2.24, 2.45) is 0 Å². The molecule has 0 radical (unpaired) electrons. The minimum atomic E-state index is -0.892. The molecular weight excluding hydrogens is 364 g/mol. The zero-order valence-electron chi connectivity index (χ0n) is 13.1. The molecule has 7 heteroatoms. The van der Waals surface area contributed by atoms with Gasteiger partial charge in [-0.2, -0.15) is 0 Å². The van der Waals surface area contributed by atoms with Gasteiger partial charge in [-0.25, -0.2) is 0 Å². The average molecular weight is 385 g/mol. The first-order valence-electron chi connectivity index (χ1n) is 7.31. The summed E-state index contributed by atoms with van der Waals surface area (Å²) in [4.78, 5) is 34.0. The molecule has 0 aliphatic rings. The van der Waals surface area contributed by atoms with Gasteiger partial charge in [0.25, 0.3) is 0 Å². The van der Waals surface area contributed by atoms with E-state index in [2.05, 4.69) is 26.6 Å². The number of hydrogen-bond donors (Lipinski definition) is 3. The number of carboxylic acid groups (broad SMARTS) is 1. The van der Waals surface area contributed by atoms with Crippen molar-refractivity contribution in [3.05, 3.63) is 34.3 Å². The van der Waals surface area contributed by atoms with Crippen LogP contribution in [0.1, 0.15) is 44.7 Å². The maximum atomic E-state index is 12.1. The van der Waals surface area contributed by atoms with Crippen molar-refractivity contribution in [2.45, 2.75) is 45.2 Å². The van der Waals surface area contributed by atoms with Crippen LogP contribution >= 0.6 is 15.9 Å². The summed E-state index contributed by atoms with van der Waals surface area (Å²) in [6.07, 6.45) is 0.464. The zero-order chi connectivity index (χ0) is 17.4. The second-order valence-electron chi connectivity index (χ2n) is 5.41. The zero-order valence-corrected chi connectivity index (χ0v) is 14.7. The van der Waals surface area contributed by atoms with Crippen LogP contribution in [0, 0.1) is 0 Å². The van der Waals surface area contributed by atoms with Crippen molar-refractivity contribution in [1.82, 2.24) is 10.6 Å². The number of rotatable bonds is 8. The lowest BCUT2D eigenvalue weighted by Crippen LogP contribution is -2.37. The van der Waals surface area contributed by atoms with Crippen LogP contribution < -0.4 is 10.6 Å². The molecule has 1 rings (SSSR count). The summed E-state index contributed by atoms with van der Waals surface area (Å²) in [5.41, 5.74) is 0.830. The number of aliphatic carboxylic acids is 1. The van der Waals surface area contributed by atoms with Crippen LogP contribution in [0.25, 0.3) is 0 Å². The molecule has 23 heavy (non-hydrogen) atoms. The van der Waals surface area contributed by atoms with Gasteiger partial charge in [0.15, 0.2) is 0 Å². The predicted molar refractivity (Wildman–Crippen MR) is 89.8 cm³/mol. The molecule has 126 valence electrons. The van der Waals surface area contributed by atoms with Gasteiger partial charge in [0, 0.05) is 23.9 Å². The summed E-state index contributed by atoms with van der Waals surface area (Å²) in [6.45, 7) is 3.16. The Balaban J connectivity index is 2.65. The predicted octanol–water partition coefficient (Wildman–Crippen LogP) is 2.39. The maximum Gasteiger partial charge on any atom is 0.303 e. The highest BCUT2D eigenvalue weighted by Gasteiger charge is 2.18. The van der Waals surface area contributed by atoms with E-state index >= 15 is 0 Å². The standard InChI is InChI=1S/C16H21BrN2O4/c1-10(3-8-16(22)23)18-15(21)9-14(19-11(2)20)12-4-6-13(17)7-5-12/h4-7,10,14H,3,8-9H2,1-2H3,(H,18,21)(H,19,20)(H,22,23). The van der Waals surface area contributed by atoms with E-state index in [9.17, 15) is 14.4 Å². The summed E-state index contributed by atoms with van der Waals surface area (Å²) in [6, 6.07) is 6.71. The molecule has 0 aliphatic heterocycles. The fraction of sp³-hybridized carbons (Fsp3) is 0.438. The smallest absolute Gasteiger partial charge is 0.303 e. The number of hydrogen-bond acceptors (Lipinski definition) is 3. The first-order valence-corrected chi connectivity index (χ1v) is 8.11. The van der Waals surface area contributed by atoms with Crippen LogP contribution in [-0.2, 0) is 14.4 Å². The molecule has 0 aliphatic carbocycles. The van der Waals surface area contributed by atoms with Crippen LogP contribution in [0.2, 0.25) is 0 Å². The lowest BCUT2D eigenvalue weighted by molar-refractivity contribution is -0.137. The van der Waals surface area contributed by atoms with Crippen LogP contribution in [-0.4, -0.2) is 28.9 Å². The van der Waals surface area contributed by atoms with Gasteiger partial charge in [0.2, 0.25) is 11.8 Å². The summed E-state index contributed by atoms with van der Waals surface area (Å²) < 4.78 is 0.912. The number of carbonyl (C=O) groups excluding carboxylic acids is 2. The number of nitrogens with one attached hydrogen (secondary N) is 2. The number of carboxylic acids is 1. The Morgan fingerprint density at radius 3 is 2.30 bits per heavy atom. The van der Waals surface area contributed by atoms with Crippen LogP contribution in [0.5, 0.6) is 0 Å². The van der Waals surface area contributed by atoms with E-state index < -0.39 is 12.0 Å². The maximum absolute atomic E-state index is 12.1. The number of carbonyl (C=O) groups is 3. The second-order valence-corrected chi connectivity index (χ2v) is 6.33. The Labute approximate surface area is 143 Å². The van der Waals surface area contributed by atoms with Gasteiger partial charge in [-0.3, -0.25) is 14.4 Å². The lowest BCUT2D eigenvalue weighted by Gasteiger charge is -2.20. The van der Waals surface area contributed by atoms with E-state index in [1.165, 1.54) is 6.92 Å². The highest BCUT2D eigenvalue weighted by Crippen LogP contribution is 2.20. The largest absolute Gasteiger partial charge is 0.481 e. The molecular formula is C16H21BrN2O4. The number of benzene rings is 1. The summed E-state index contributed by atoms with van der Waals surface area (Å²) in [5.74, 6) is -1.34. The van der Waals surface area contributed by atoms with Gasteiger partial charge in [0.05, 0.1) is 12.5 Å².